The zero-order valence-electron chi connectivity index (χ0n) is 14.8. The SMILES string of the molecule is COC1CC2=C(N=C(C(F)(F)CCCCC3CC3)C(O)N2)C2CC2C1. The van der Waals surface area contributed by atoms with Crippen molar-refractivity contribution in [2.75, 3.05) is 7.11 Å². The molecular weight excluding hydrogens is 326 g/mol. The van der Waals surface area contributed by atoms with Crippen LogP contribution >= 0.6 is 0 Å². The van der Waals surface area contributed by atoms with Crippen molar-refractivity contribution < 1.29 is 18.6 Å². The highest BCUT2D eigenvalue weighted by Gasteiger charge is 2.49. The summed E-state index contributed by atoms with van der Waals surface area (Å²) in [6, 6.07) is 0. The number of nitrogens with one attached hydrogen (secondary N) is 1. The number of aliphatic hydroxyl groups is 1. The smallest absolute Gasteiger partial charge is 0.290 e. The van der Waals surface area contributed by atoms with E-state index in [4.69, 9.17) is 4.74 Å². The molecule has 140 valence electrons. The Morgan fingerprint density at radius 2 is 2.08 bits per heavy atom. The summed E-state index contributed by atoms with van der Waals surface area (Å²) in [6.45, 7) is 0. The molecule has 0 amide bonds. The van der Waals surface area contributed by atoms with E-state index in [1.54, 1.807) is 7.11 Å². The first kappa shape index (κ1) is 17.4. The molecule has 4 rings (SSSR count). The van der Waals surface area contributed by atoms with E-state index in [1.807, 2.05) is 0 Å². The molecule has 4 unspecified atom stereocenters. The van der Waals surface area contributed by atoms with E-state index in [0.717, 1.165) is 43.0 Å². The number of unbranched alkanes of at least 4 members (excludes halogenated alkanes) is 1. The number of ether oxygens (including phenoxy) is 1. The number of hydrogen-bond acceptors (Lipinski definition) is 4. The van der Waals surface area contributed by atoms with Gasteiger partial charge in [0.2, 0.25) is 0 Å². The Labute approximate surface area is 147 Å². The summed E-state index contributed by atoms with van der Waals surface area (Å²) in [4.78, 5) is 4.31. The zero-order chi connectivity index (χ0) is 17.6. The van der Waals surface area contributed by atoms with Crippen molar-refractivity contribution in [3.8, 4) is 0 Å². The number of fused-ring (bicyclic) bond motifs is 2. The Hall–Kier alpha value is -1.01. The van der Waals surface area contributed by atoms with Crippen molar-refractivity contribution in [3.05, 3.63) is 11.4 Å². The second-order valence-electron chi connectivity index (χ2n) is 8.20. The molecule has 0 spiro atoms. The largest absolute Gasteiger partial charge is 0.381 e. The van der Waals surface area contributed by atoms with E-state index in [2.05, 4.69) is 10.3 Å². The zero-order valence-corrected chi connectivity index (χ0v) is 14.8. The lowest BCUT2D eigenvalue weighted by Gasteiger charge is -2.30. The highest BCUT2D eigenvalue weighted by Crippen LogP contribution is 2.52. The number of nitrogens with zero attached hydrogens (tertiary/aromatic N) is 1. The van der Waals surface area contributed by atoms with Gasteiger partial charge in [-0.2, -0.15) is 8.78 Å². The van der Waals surface area contributed by atoms with Crippen molar-refractivity contribution in [1.82, 2.24) is 5.32 Å². The fraction of sp³-hybridized carbons (Fsp3) is 0.842. The Balaban J connectivity index is 1.46. The van der Waals surface area contributed by atoms with Crippen molar-refractivity contribution in [2.24, 2.45) is 22.7 Å². The van der Waals surface area contributed by atoms with Gasteiger partial charge in [0, 0.05) is 31.6 Å². The molecule has 1 heterocycles. The standard InChI is InChI=1S/C19H28F2N2O2/c1-25-13-8-12-9-14(12)16-15(10-13)22-18(24)17(23-16)19(20,21)7-3-2-4-11-5-6-11/h11-14,18,22,24H,2-10H2,1H3. The fourth-order valence-corrected chi connectivity index (χ4v) is 4.30. The van der Waals surface area contributed by atoms with Crippen LogP contribution in [0.2, 0.25) is 0 Å². The molecule has 2 saturated carbocycles. The van der Waals surface area contributed by atoms with E-state index < -0.39 is 12.2 Å². The minimum absolute atomic E-state index is 0.0712. The molecule has 3 aliphatic carbocycles. The van der Waals surface area contributed by atoms with Crippen LogP contribution < -0.4 is 5.32 Å². The molecule has 4 atom stereocenters. The molecule has 0 radical (unpaired) electrons. The van der Waals surface area contributed by atoms with Crippen LogP contribution in [-0.4, -0.2) is 36.2 Å². The maximum Gasteiger partial charge on any atom is 0.290 e. The van der Waals surface area contributed by atoms with Crippen LogP contribution in [0.3, 0.4) is 0 Å². The van der Waals surface area contributed by atoms with Gasteiger partial charge in [-0.15, -0.1) is 0 Å². The van der Waals surface area contributed by atoms with Crippen molar-refractivity contribution in [3.63, 3.8) is 0 Å². The molecule has 1 aliphatic heterocycles. The predicted molar refractivity (Wildman–Crippen MR) is 91.4 cm³/mol. The first-order valence-electron chi connectivity index (χ1n) is 9.65. The quantitative estimate of drug-likeness (QED) is 0.687. The highest BCUT2D eigenvalue weighted by atomic mass is 19.3. The summed E-state index contributed by atoms with van der Waals surface area (Å²) in [5.74, 6) is -1.55. The maximum absolute atomic E-state index is 14.7. The average Bonchev–Trinajstić information content (AvgIpc) is 3.44. The molecule has 2 N–H and O–H groups in total. The topological polar surface area (TPSA) is 53.9 Å². The second kappa shape index (κ2) is 6.62. The van der Waals surface area contributed by atoms with Gasteiger partial charge >= 0.3 is 0 Å². The summed E-state index contributed by atoms with van der Waals surface area (Å²) in [6.07, 6.45) is 5.88. The average molecular weight is 354 g/mol. The van der Waals surface area contributed by atoms with Crippen LogP contribution in [0.4, 0.5) is 8.78 Å². The number of halogens is 2. The van der Waals surface area contributed by atoms with E-state index in [1.165, 1.54) is 12.8 Å². The van der Waals surface area contributed by atoms with Crippen LogP contribution in [0, 0.1) is 17.8 Å². The van der Waals surface area contributed by atoms with E-state index in [0.29, 0.717) is 18.8 Å². The van der Waals surface area contributed by atoms with Crippen molar-refractivity contribution in [1.29, 1.82) is 0 Å². The third kappa shape index (κ3) is 3.75. The summed E-state index contributed by atoms with van der Waals surface area (Å²) < 4.78 is 34.8. The third-order valence-electron chi connectivity index (χ3n) is 6.15. The molecule has 0 aromatic heterocycles. The molecule has 4 aliphatic rings. The number of aliphatic imine (C=N–C) groups is 1. The van der Waals surface area contributed by atoms with Crippen LogP contribution in [-0.2, 0) is 4.74 Å². The number of methoxy groups -OCH3 is 1. The van der Waals surface area contributed by atoms with Gasteiger partial charge in [-0.3, -0.25) is 0 Å². The minimum Gasteiger partial charge on any atom is -0.381 e. The molecule has 0 saturated heterocycles. The van der Waals surface area contributed by atoms with Gasteiger partial charge in [0.1, 0.15) is 5.71 Å². The molecule has 0 aromatic carbocycles. The number of aliphatic hydroxyl groups excluding tert-OH is 1. The van der Waals surface area contributed by atoms with Crippen LogP contribution in [0.5, 0.6) is 0 Å². The summed E-state index contributed by atoms with van der Waals surface area (Å²) in [7, 11) is 1.68. The van der Waals surface area contributed by atoms with Gasteiger partial charge < -0.3 is 15.2 Å². The van der Waals surface area contributed by atoms with Gasteiger partial charge in [-0.05, 0) is 31.1 Å². The first-order valence-corrected chi connectivity index (χ1v) is 9.65. The maximum atomic E-state index is 14.7. The predicted octanol–water partition coefficient (Wildman–Crippen LogP) is 3.61. The molecule has 6 heteroatoms. The molecule has 0 aromatic rings. The van der Waals surface area contributed by atoms with Crippen LogP contribution in [0.15, 0.2) is 16.4 Å². The number of hydrogen-bond donors (Lipinski definition) is 2. The van der Waals surface area contributed by atoms with E-state index >= 15 is 0 Å². The molecular formula is C19H28F2N2O2. The molecule has 25 heavy (non-hydrogen) atoms. The van der Waals surface area contributed by atoms with Gasteiger partial charge in [0.05, 0.1) is 11.8 Å². The Morgan fingerprint density at radius 3 is 2.80 bits per heavy atom. The third-order valence-corrected chi connectivity index (χ3v) is 6.15. The normalized spacial score (nSPS) is 34.6. The van der Waals surface area contributed by atoms with Gasteiger partial charge in [-0.1, -0.05) is 25.7 Å². The monoisotopic (exact) mass is 354 g/mol. The Morgan fingerprint density at radius 1 is 1.28 bits per heavy atom. The van der Waals surface area contributed by atoms with Crippen molar-refractivity contribution >= 4 is 5.71 Å². The van der Waals surface area contributed by atoms with Gasteiger partial charge in [-0.25, -0.2) is 4.99 Å². The van der Waals surface area contributed by atoms with Crippen molar-refractivity contribution in [2.45, 2.75) is 76.0 Å². The first-order chi connectivity index (χ1) is 12.0. The Bertz CT molecular complexity index is 586. The highest BCUT2D eigenvalue weighted by molar-refractivity contribution is 5.96. The number of alkyl halides is 2. The van der Waals surface area contributed by atoms with Gasteiger partial charge in [0.15, 0.2) is 6.23 Å². The lowest BCUT2D eigenvalue weighted by Crippen LogP contribution is -2.48. The summed E-state index contributed by atoms with van der Waals surface area (Å²) >= 11 is 0. The Kier molecular flexibility index (Phi) is 4.61. The lowest BCUT2D eigenvalue weighted by atomic mass is 10.0. The molecule has 0 bridgehead atoms. The summed E-state index contributed by atoms with van der Waals surface area (Å²) in [5.41, 5.74) is 1.14. The van der Waals surface area contributed by atoms with E-state index in [9.17, 15) is 13.9 Å². The molecule has 2 fully saturated rings. The van der Waals surface area contributed by atoms with Crippen LogP contribution in [0.25, 0.3) is 0 Å². The van der Waals surface area contributed by atoms with Crippen LogP contribution in [0.1, 0.15) is 57.8 Å². The number of allylic oxidation sites excluding steroid dienone is 1. The second-order valence-corrected chi connectivity index (χ2v) is 8.20. The lowest BCUT2D eigenvalue weighted by molar-refractivity contribution is 0.0464. The fourth-order valence-electron chi connectivity index (χ4n) is 4.30. The minimum atomic E-state index is -3.05. The summed E-state index contributed by atoms with van der Waals surface area (Å²) in [5, 5.41) is 13.2. The number of rotatable bonds is 7. The van der Waals surface area contributed by atoms with E-state index in [-0.39, 0.29) is 24.2 Å². The van der Waals surface area contributed by atoms with Gasteiger partial charge in [0.25, 0.3) is 5.92 Å². The molecule has 4 nitrogen and oxygen atoms in total.